The summed E-state index contributed by atoms with van der Waals surface area (Å²) in [4.78, 5) is 11.8. The summed E-state index contributed by atoms with van der Waals surface area (Å²) in [6.07, 6.45) is 4.87. The van der Waals surface area contributed by atoms with Gasteiger partial charge in [-0.05, 0) is 36.4 Å². The fraction of sp³-hybridized carbons (Fsp3) is 0.250. The van der Waals surface area contributed by atoms with Gasteiger partial charge >= 0.3 is 0 Å². The van der Waals surface area contributed by atoms with Crippen LogP contribution < -0.4 is 10.1 Å². The van der Waals surface area contributed by atoms with E-state index in [4.69, 9.17) is 9.47 Å². The molecule has 1 N–H and O–H groups in total. The molecule has 0 saturated heterocycles. The third-order valence-electron chi connectivity index (χ3n) is 2.94. The summed E-state index contributed by atoms with van der Waals surface area (Å²) in [5.74, 6) is 0.537. The zero-order chi connectivity index (χ0) is 15.8. The fourth-order valence-corrected chi connectivity index (χ4v) is 1.77. The molecular weight excluding hydrogens is 282 g/mol. The molecular formula is C16H19N3O3. The van der Waals surface area contributed by atoms with Crippen molar-refractivity contribution in [2.75, 3.05) is 25.6 Å². The minimum atomic E-state index is -0.200. The SMILES string of the molecule is COCCOc1ccc(NC(=O)C=Cc2ccnn2C)cc1. The monoisotopic (exact) mass is 301 g/mol. The number of carbonyl (C=O) groups is 1. The van der Waals surface area contributed by atoms with Gasteiger partial charge in [-0.1, -0.05) is 0 Å². The van der Waals surface area contributed by atoms with Crippen molar-refractivity contribution in [3.05, 3.63) is 48.3 Å². The van der Waals surface area contributed by atoms with Crippen LogP contribution in [0.15, 0.2) is 42.6 Å². The normalized spacial score (nSPS) is 10.8. The lowest BCUT2D eigenvalue weighted by atomic mass is 10.3. The third kappa shape index (κ3) is 4.75. The Labute approximate surface area is 129 Å². The molecule has 6 heteroatoms. The van der Waals surface area contributed by atoms with Gasteiger partial charge in [0.15, 0.2) is 0 Å². The quantitative estimate of drug-likeness (QED) is 0.628. The highest BCUT2D eigenvalue weighted by molar-refractivity contribution is 6.01. The van der Waals surface area contributed by atoms with E-state index < -0.39 is 0 Å². The van der Waals surface area contributed by atoms with Crippen LogP contribution in [0, 0.1) is 0 Å². The number of benzene rings is 1. The van der Waals surface area contributed by atoms with Gasteiger partial charge in [-0.2, -0.15) is 5.10 Å². The number of carbonyl (C=O) groups excluding carboxylic acids is 1. The van der Waals surface area contributed by atoms with Crippen LogP contribution in [0.4, 0.5) is 5.69 Å². The minimum absolute atomic E-state index is 0.200. The number of hydrogen-bond acceptors (Lipinski definition) is 4. The molecule has 0 aliphatic rings. The smallest absolute Gasteiger partial charge is 0.248 e. The van der Waals surface area contributed by atoms with Crippen molar-refractivity contribution in [1.82, 2.24) is 9.78 Å². The van der Waals surface area contributed by atoms with Crippen LogP contribution in [0.5, 0.6) is 5.75 Å². The number of aromatic nitrogens is 2. The van der Waals surface area contributed by atoms with Crippen LogP contribution in [0.3, 0.4) is 0 Å². The summed E-state index contributed by atoms with van der Waals surface area (Å²) in [7, 11) is 3.45. The van der Waals surface area contributed by atoms with E-state index in [0.29, 0.717) is 18.9 Å². The van der Waals surface area contributed by atoms with Crippen molar-refractivity contribution >= 4 is 17.7 Å². The molecule has 1 aromatic carbocycles. The van der Waals surface area contributed by atoms with E-state index in [1.54, 1.807) is 48.3 Å². The predicted octanol–water partition coefficient (Wildman–Crippen LogP) is 2.10. The van der Waals surface area contributed by atoms with Gasteiger partial charge in [-0.25, -0.2) is 0 Å². The number of anilines is 1. The molecule has 116 valence electrons. The van der Waals surface area contributed by atoms with Crippen LogP contribution in [0.2, 0.25) is 0 Å². The molecule has 0 fully saturated rings. The van der Waals surface area contributed by atoms with E-state index in [0.717, 1.165) is 11.4 Å². The first-order valence-electron chi connectivity index (χ1n) is 6.88. The standard InChI is InChI=1S/C16H19N3O3/c1-19-14(9-10-17-19)5-8-16(20)18-13-3-6-15(7-4-13)22-12-11-21-2/h3-10H,11-12H2,1-2H3,(H,18,20). The van der Waals surface area contributed by atoms with Gasteiger partial charge in [0.25, 0.3) is 0 Å². The molecule has 1 aromatic heterocycles. The van der Waals surface area contributed by atoms with Crippen LogP contribution >= 0.6 is 0 Å². The Bertz CT molecular complexity index is 632. The Morgan fingerprint density at radius 3 is 2.68 bits per heavy atom. The van der Waals surface area contributed by atoms with Gasteiger partial charge in [-0.3, -0.25) is 9.48 Å². The highest BCUT2D eigenvalue weighted by Crippen LogP contribution is 2.15. The molecule has 0 unspecified atom stereocenters. The lowest BCUT2D eigenvalue weighted by molar-refractivity contribution is -0.111. The number of rotatable bonds is 7. The number of hydrogen-bond donors (Lipinski definition) is 1. The zero-order valence-corrected chi connectivity index (χ0v) is 12.7. The maximum absolute atomic E-state index is 11.8. The summed E-state index contributed by atoms with van der Waals surface area (Å²) in [5.41, 5.74) is 1.57. The minimum Gasteiger partial charge on any atom is -0.491 e. The largest absolute Gasteiger partial charge is 0.491 e. The number of amides is 1. The second-order valence-electron chi connectivity index (χ2n) is 4.57. The average molecular weight is 301 g/mol. The Balaban J connectivity index is 1.86. The van der Waals surface area contributed by atoms with Gasteiger partial charge in [0.05, 0.1) is 12.3 Å². The van der Waals surface area contributed by atoms with Crippen LogP contribution in [0.1, 0.15) is 5.69 Å². The van der Waals surface area contributed by atoms with Gasteiger partial charge < -0.3 is 14.8 Å². The molecule has 0 saturated carbocycles. The van der Waals surface area contributed by atoms with Crippen LogP contribution in [-0.4, -0.2) is 36.0 Å². The maximum atomic E-state index is 11.8. The number of aryl methyl sites for hydroxylation is 1. The molecule has 22 heavy (non-hydrogen) atoms. The highest BCUT2D eigenvalue weighted by Gasteiger charge is 2.00. The van der Waals surface area contributed by atoms with E-state index in [-0.39, 0.29) is 5.91 Å². The molecule has 1 amide bonds. The van der Waals surface area contributed by atoms with Crippen molar-refractivity contribution in [3.8, 4) is 5.75 Å². The summed E-state index contributed by atoms with van der Waals surface area (Å²) < 4.78 is 12.1. The molecule has 2 rings (SSSR count). The highest BCUT2D eigenvalue weighted by atomic mass is 16.5. The Morgan fingerprint density at radius 1 is 1.27 bits per heavy atom. The van der Waals surface area contributed by atoms with Crippen molar-refractivity contribution in [3.63, 3.8) is 0 Å². The van der Waals surface area contributed by atoms with Crippen LogP contribution in [0.25, 0.3) is 6.08 Å². The van der Waals surface area contributed by atoms with E-state index in [1.165, 1.54) is 6.08 Å². The first-order chi connectivity index (χ1) is 10.7. The summed E-state index contributed by atoms with van der Waals surface area (Å²) in [5, 5.41) is 6.81. The molecule has 0 aliphatic heterocycles. The zero-order valence-electron chi connectivity index (χ0n) is 12.7. The number of ether oxygens (including phenoxy) is 2. The first kappa shape index (κ1) is 15.8. The third-order valence-corrected chi connectivity index (χ3v) is 2.94. The van der Waals surface area contributed by atoms with Gasteiger partial charge in [-0.15, -0.1) is 0 Å². The summed E-state index contributed by atoms with van der Waals surface area (Å²) in [6, 6.07) is 9.01. The molecule has 0 radical (unpaired) electrons. The molecule has 0 bridgehead atoms. The topological polar surface area (TPSA) is 65.4 Å². The van der Waals surface area contributed by atoms with Crippen molar-refractivity contribution < 1.29 is 14.3 Å². The van der Waals surface area contributed by atoms with E-state index in [2.05, 4.69) is 10.4 Å². The summed E-state index contributed by atoms with van der Waals surface area (Å²) >= 11 is 0. The van der Waals surface area contributed by atoms with E-state index in [1.807, 2.05) is 13.1 Å². The summed E-state index contributed by atoms with van der Waals surface area (Å²) in [6.45, 7) is 1.03. The second-order valence-corrected chi connectivity index (χ2v) is 4.57. The molecule has 0 spiro atoms. The van der Waals surface area contributed by atoms with Gasteiger partial charge in [0, 0.05) is 32.1 Å². The maximum Gasteiger partial charge on any atom is 0.248 e. The second kappa shape index (κ2) is 7.99. The number of nitrogens with one attached hydrogen (secondary N) is 1. The molecule has 2 aromatic rings. The Hall–Kier alpha value is -2.60. The molecule has 0 aliphatic carbocycles. The average Bonchev–Trinajstić information content (AvgIpc) is 2.92. The molecule has 1 heterocycles. The molecule has 0 atom stereocenters. The fourth-order valence-electron chi connectivity index (χ4n) is 1.77. The predicted molar refractivity (Wildman–Crippen MR) is 84.7 cm³/mol. The Kier molecular flexibility index (Phi) is 5.73. The number of nitrogens with zero attached hydrogens (tertiary/aromatic N) is 2. The molecule has 6 nitrogen and oxygen atoms in total. The van der Waals surface area contributed by atoms with Crippen molar-refractivity contribution in [1.29, 1.82) is 0 Å². The van der Waals surface area contributed by atoms with E-state index >= 15 is 0 Å². The van der Waals surface area contributed by atoms with Gasteiger partial charge in [0.2, 0.25) is 5.91 Å². The van der Waals surface area contributed by atoms with E-state index in [9.17, 15) is 4.79 Å². The lowest BCUT2D eigenvalue weighted by Crippen LogP contribution is -2.08. The first-order valence-corrected chi connectivity index (χ1v) is 6.88. The van der Waals surface area contributed by atoms with Crippen LogP contribution in [-0.2, 0) is 16.6 Å². The Morgan fingerprint density at radius 2 is 2.05 bits per heavy atom. The number of methoxy groups -OCH3 is 1. The van der Waals surface area contributed by atoms with Crippen molar-refractivity contribution in [2.45, 2.75) is 0 Å². The van der Waals surface area contributed by atoms with Gasteiger partial charge in [0.1, 0.15) is 12.4 Å². The van der Waals surface area contributed by atoms with Crippen molar-refractivity contribution in [2.24, 2.45) is 7.05 Å². The lowest BCUT2D eigenvalue weighted by Gasteiger charge is -2.07.